The topological polar surface area (TPSA) is 66.1 Å². The lowest BCUT2D eigenvalue weighted by molar-refractivity contribution is 0.0732. The smallest absolute Gasteiger partial charge is 0.256 e. The SMILES string of the molecule is O=C(c1ccccc1)N1CCc2nc(-c3cccc(F)c3)[nH]c(=O)c2C1. The summed E-state index contributed by atoms with van der Waals surface area (Å²) in [4.78, 5) is 34.0. The number of carbonyl (C=O) groups is 1. The van der Waals surface area contributed by atoms with Crippen molar-refractivity contribution in [3.63, 3.8) is 0 Å². The first kappa shape index (κ1) is 16.2. The zero-order chi connectivity index (χ0) is 18.1. The molecule has 1 N–H and O–H groups in total. The monoisotopic (exact) mass is 349 g/mol. The Morgan fingerprint density at radius 3 is 2.69 bits per heavy atom. The van der Waals surface area contributed by atoms with Crippen LogP contribution in [0.5, 0.6) is 0 Å². The van der Waals surface area contributed by atoms with Gasteiger partial charge in [-0.05, 0) is 24.3 Å². The molecule has 1 aliphatic rings. The quantitative estimate of drug-likeness (QED) is 0.774. The van der Waals surface area contributed by atoms with Gasteiger partial charge in [-0.25, -0.2) is 9.37 Å². The summed E-state index contributed by atoms with van der Waals surface area (Å²) < 4.78 is 13.4. The molecule has 2 heterocycles. The third kappa shape index (κ3) is 3.01. The minimum Gasteiger partial charge on any atom is -0.334 e. The van der Waals surface area contributed by atoms with Crippen LogP contribution in [0.15, 0.2) is 59.4 Å². The van der Waals surface area contributed by atoms with Gasteiger partial charge in [0, 0.05) is 24.1 Å². The number of benzene rings is 2. The molecule has 1 amide bonds. The summed E-state index contributed by atoms with van der Waals surface area (Å²) in [6.45, 7) is 0.703. The van der Waals surface area contributed by atoms with Crippen LogP contribution in [0.2, 0.25) is 0 Å². The van der Waals surface area contributed by atoms with Crippen LogP contribution in [0.3, 0.4) is 0 Å². The van der Waals surface area contributed by atoms with Gasteiger partial charge in [-0.15, -0.1) is 0 Å². The summed E-state index contributed by atoms with van der Waals surface area (Å²) >= 11 is 0. The van der Waals surface area contributed by atoms with Crippen molar-refractivity contribution in [3.8, 4) is 11.4 Å². The highest BCUT2D eigenvalue weighted by atomic mass is 19.1. The molecule has 2 aromatic carbocycles. The third-order valence-electron chi connectivity index (χ3n) is 4.47. The molecule has 6 heteroatoms. The summed E-state index contributed by atoms with van der Waals surface area (Å²) in [5.74, 6) is -0.150. The highest BCUT2D eigenvalue weighted by Gasteiger charge is 2.25. The van der Waals surface area contributed by atoms with E-state index in [1.54, 1.807) is 29.2 Å². The molecule has 5 nitrogen and oxygen atoms in total. The van der Waals surface area contributed by atoms with Gasteiger partial charge in [-0.1, -0.05) is 30.3 Å². The van der Waals surface area contributed by atoms with Crippen LogP contribution in [-0.2, 0) is 13.0 Å². The minimum absolute atomic E-state index is 0.107. The zero-order valence-electron chi connectivity index (χ0n) is 13.9. The van der Waals surface area contributed by atoms with Crippen LogP contribution in [0.1, 0.15) is 21.6 Å². The number of carbonyl (C=O) groups excluding carboxylic acids is 1. The molecule has 0 bridgehead atoms. The highest BCUT2D eigenvalue weighted by molar-refractivity contribution is 5.94. The van der Waals surface area contributed by atoms with Gasteiger partial charge in [0.15, 0.2) is 0 Å². The molecule has 4 rings (SSSR count). The first-order chi connectivity index (χ1) is 12.6. The molecule has 1 aromatic heterocycles. The Morgan fingerprint density at radius 1 is 1.12 bits per heavy atom. The Bertz CT molecular complexity index is 1030. The van der Waals surface area contributed by atoms with Crippen LogP contribution in [-0.4, -0.2) is 27.3 Å². The lowest BCUT2D eigenvalue weighted by Crippen LogP contribution is -2.39. The minimum atomic E-state index is -0.387. The Kier molecular flexibility index (Phi) is 4.08. The van der Waals surface area contributed by atoms with Gasteiger partial charge in [0.05, 0.1) is 17.8 Å². The number of nitrogens with zero attached hydrogens (tertiary/aromatic N) is 2. The Morgan fingerprint density at radius 2 is 1.92 bits per heavy atom. The Balaban J connectivity index is 1.65. The summed E-state index contributed by atoms with van der Waals surface area (Å²) in [6.07, 6.45) is 0.486. The molecule has 0 saturated heterocycles. The molecule has 0 fully saturated rings. The molecule has 0 atom stereocenters. The van der Waals surface area contributed by atoms with Crippen molar-refractivity contribution in [1.82, 2.24) is 14.9 Å². The maximum atomic E-state index is 13.4. The number of rotatable bonds is 2. The highest BCUT2D eigenvalue weighted by Crippen LogP contribution is 2.20. The van der Waals surface area contributed by atoms with Gasteiger partial charge in [0.25, 0.3) is 11.5 Å². The van der Waals surface area contributed by atoms with Crippen molar-refractivity contribution in [2.24, 2.45) is 0 Å². The van der Waals surface area contributed by atoms with Crippen LogP contribution in [0, 0.1) is 5.82 Å². The number of H-pyrrole nitrogens is 1. The number of nitrogens with one attached hydrogen (secondary N) is 1. The van der Waals surface area contributed by atoms with Gasteiger partial charge in [-0.3, -0.25) is 9.59 Å². The average Bonchev–Trinajstić information content (AvgIpc) is 2.68. The van der Waals surface area contributed by atoms with Crippen molar-refractivity contribution in [2.75, 3.05) is 6.54 Å². The summed E-state index contributed by atoms with van der Waals surface area (Å²) in [6, 6.07) is 14.9. The Labute approximate surface area is 149 Å². The molecule has 3 aromatic rings. The molecule has 1 aliphatic heterocycles. The lowest BCUT2D eigenvalue weighted by atomic mass is 10.0. The standard InChI is InChI=1S/C20H16FN3O2/c21-15-8-4-7-14(11-15)18-22-17-9-10-24(12-16(17)19(25)23-18)20(26)13-5-2-1-3-6-13/h1-8,11H,9-10,12H2,(H,22,23,25). The number of amides is 1. The summed E-state index contributed by atoms with van der Waals surface area (Å²) in [5.41, 5.74) is 1.97. The number of hydrogen-bond donors (Lipinski definition) is 1. The number of aromatic amines is 1. The van der Waals surface area contributed by atoms with E-state index >= 15 is 0 Å². The molecule has 0 saturated carbocycles. The van der Waals surface area contributed by atoms with Crippen LogP contribution in [0.4, 0.5) is 4.39 Å². The second-order valence-corrected chi connectivity index (χ2v) is 6.19. The van der Waals surface area contributed by atoms with Crippen molar-refractivity contribution in [3.05, 3.63) is 87.6 Å². The van der Waals surface area contributed by atoms with Crippen LogP contribution in [0.25, 0.3) is 11.4 Å². The fourth-order valence-corrected chi connectivity index (χ4v) is 3.13. The molecule has 0 aliphatic carbocycles. The van der Waals surface area contributed by atoms with Crippen LogP contribution < -0.4 is 5.56 Å². The molecule has 0 spiro atoms. The normalized spacial score (nSPS) is 13.3. The predicted octanol–water partition coefficient (Wildman–Crippen LogP) is 2.77. The fourth-order valence-electron chi connectivity index (χ4n) is 3.13. The second-order valence-electron chi connectivity index (χ2n) is 6.19. The van der Waals surface area contributed by atoms with Gasteiger partial charge in [-0.2, -0.15) is 0 Å². The van der Waals surface area contributed by atoms with Crippen molar-refractivity contribution in [1.29, 1.82) is 0 Å². The number of hydrogen-bond acceptors (Lipinski definition) is 3. The molecule has 26 heavy (non-hydrogen) atoms. The van der Waals surface area contributed by atoms with Gasteiger partial charge in [0.2, 0.25) is 0 Å². The Hall–Kier alpha value is -3.28. The first-order valence-electron chi connectivity index (χ1n) is 8.34. The number of halogens is 1. The first-order valence-corrected chi connectivity index (χ1v) is 8.34. The van der Waals surface area contributed by atoms with E-state index in [-0.39, 0.29) is 23.8 Å². The molecular formula is C20H16FN3O2. The van der Waals surface area contributed by atoms with E-state index in [2.05, 4.69) is 9.97 Å². The number of aromatic nitrogens is 2. The van der Waals surface area contributed by atoms with E-state index in [9.17, 15) is 14.0 Å². The van der Waals surface area contributed by atoms with E-state index < -0.39 is 0 Å². The van der Waals surface area contributed by atoms with Crippen LogP contribution >= 0.6 is 0 Å². The predicted molar refractivity (Wildman–Crippen MR) is 95.1 cm³/mol. The lowest BCUT2D eigenvalue weighted by Gasteiger charge is -2.28. The van der Waals surface area contributed by atoms with E-state index in [0.29, 0.717) is 41.2 Å². The van der Waals surface area contributed by atoms with Crippen molar-refractivity contribution >= 4 is 5.91 Å². The molecular weight excluding hydrogens is 333 g/mol. The average molecular weight is 349 g/mol. The van der Waals surface area contributed by atoms with Gasteiger partial charge in [0.1, 0.15) is 11.6 Å². The zero-order valence-corrected chi connectivity index (χ0v) is 13.9. The van der Waals surface area contributed by atoms with Gasteiger partial charge < -0.3 is 9.88 Å². The largest absolute Gasteiger partial charge is 0.334 e. The summed E-state index contributed by atoms with van der Waals surface area (Å²) in [7, 11) is 0. The maximum Gasteiger partial charge on any atom is 0.256 e. The van der Waals surface area contributed by atoms with Crippen molar-refractivity contribution < 1.29 is 9.18 Å². The molecule has 0 radical (unpaired) electrons. The second kappa shape index (κ2) is 6.55. The molecule has 130 valence electrons. The maximum absolute atomic E-state index is 13.4. The van der Waals surface area contributed by atoms with E-state index in [1.165, 1.54) is 12.1 Å². The fraction of sp³-hybridized carbons (Fsp3) is 0.150. The summed E-state index contributed by atoms with van der Waals surface area (Å²) in [5, 5.41) is 0. The van der Waals surface area contributed by atoms with Crippen molar-refractivity contribution in [2.45, 2.75) is 13.0 Å². The molecule has 0 unspecified atom stereocenters. The number of fused-ring (bicyclic) bond motifs is 1. The van der Waals surface area contributed by atoms with E-state index in [4.69, 9.17) is 0 Å². The van der Waals surface area contributed by atoms with Gasteiger partial charge >= 0.3 is 0 Å². The van der Waals surface area contributed by atoms with E-state index in [0.717, 1.165) is 0 Å². The van der Waals surface area contributed by atoms with E-state index in [1.807, 2.05) is 18.2 Å². The third-order valence-corrected chi connectivity index (χ3v) is 4.47.